The van der Waals surface area contributed by atoms with Gasteiger partial charge in [-0.15, -0.1) is 11.8 Å². The molecule has 2 aromatic carbocycles. The molecule has 5 nitrogen and oxygen atoms in total. The molecule has 6 heteroatoms. The standard InChI is InChI=1S/C20H24N2O3S/c1-13-6-5-7-14(2)18(13)21-20(23)22-10-11-26-19(22)16-12-15(24-3)8-9-17(16)25-4/h5-9,12,19H,10-11H2,1-4H3,(H,21,23). The van der Waals surface area contributed by atoms with Crippen molar-refractivity contribution in [1.82, 2.24) is 4.90 Å². The SMILES string of the molecule is COc1ccc(OC)c(C2SCCN2C(=O)Nc2c(C)cccc2C)c1. The number of carbonyl (C=O) groups excluding carboxylic acids is 1. The van der Waals surface area contributed by atoms with Crippen LogP contribution in [0.2, 0.25) is 0 Å². The van der Waals surface area contributed by atoms with Gasteiger partial charge < -0.3 is 19.7 Å². The van der Waals surface area contributed by atoms with Crippen molar-refractivity contribution in [2.75, 3.05) is 31.8 Å². The Hall–Kier alpha value is -2.34. The molecule has 1 unspecified atom stereocenters. The first-order valence-electron chi connectivity index (χ1n) is 8.52. The van der Waals surface area contributed by atoms with Gasteiger partial charge in [-0.25, -0.2) is 4.79 Å². The number of ether oxygens (including phenoxy) is 2. The topological polar surface area (TPSA) is 50.8 Å². The lowest BCUT2D eigenvalue weighted by molar-refractivity contribution is 0.213. The van der Waals surface area contributed by atoms with Crippen LogP contribution in [-0.2, 0) is 0 Å². The summed E-state index contributed by atoms with van der Waals surface area (Å²) in [5, 5.41) is 2.98. The van der Waals surface area contributed by atoms with E-state index in [1.54, 1.807) is 26.0 Å². The summed E-state index contributed by atoms with van der Waals surface area (Å²) in [4.78, 5) is 14.8. The van der Waals surface area contributed by atoms with Crippen molar-refractivity contribution in [3.05, 3.63) is 53.1 Å². The molecule has 138 valence electrons. The summed E-state index contributed by atoms with van der Waals surface area (Å²) >= 11 is 1.73. The maximum atomic E-state index is 13.0. The van der Waals surface area contributed by atoms with Crippen molar-refractivity contribution in [3.63, 3.8) is 0 Å². The number of para-hydroxylation sites is 1. The Kier molecular flexibility index (Phi) is 5.61. The highest BCUT2D eigenvalue weighted by atomic mass is 32.2. The van der Waals surface area contributed by atoms with Crippen molar-refractivity contribution >= 4 is 23.5 Å². The van der Waals surface area contributed by atoms with Crippen LogP contribution in [0.3, 0.4) is 0 Å². The molecule has 2 aromatic rings. The number of benzene rings is 2. The smallest absolute Gasteiger partial charge is 0.323 e. The zero-order valence-corrected chi connectivity index (χ0v) is 16.4. The zero-order valence-electron chi connectivity index (χ0n) is 15.5. The Labute approximate surface area is 158 Å². The summed E-state index contributed by atoms with van der Waals surface area (Å²) in [6.45, 7) is 4.69. The van der Waals surface area contributed by atoms with E-state index >= 15 is 0 Å². The molecule has 1 atom stereocenters. The second-order valence-corrected chi connectivity index (χ2v) is 7.41. The number of anilines is 1. The number of nitrogens with zero attached hydrogens (tertiary/aromatic N) is 1. The van der Waals surface area contributed by atoms with Gasteiger partial charge in [-0.2, -0.15) is 0 Å². The van der Waals surface area contributed by atoms with Crippen molar-refractivity contribution < 1.29 is 14.3 Å². The molecule has 1 N–H and O–H groups in total. The lowest BCUT2D eigenvalue weighted by Gasteiger charge is -2.26. The van der Waals surface area contributed by atoms with Crippen molar-refractivity contribution in [1.29, 1.82) is 0 Å². The Morgan fingerprint density at radius 1 is 1.15 bits per heavy atom. The summed E-state index contributed by atoms with van der Waals surface area (Å²) in [6, 6.07) is 11.6. The molecule has 0 bridgehead atoms. The van der Waals surface area contributed by atoms with Crippen molar-refractivity contribution in [3.8, 4) is 11.5 Å². The van der Waals surface area contributed by atoms with Gasteiger partial charge in [0.05, 0.1) is 14.2 Å². The van der Waals surface area contributed by atoms with E-state index in [0.717, 1.165) is 39.6 Å². The van der Waals surface area contributed by atoms with E-state index < -0.39 is 0 Å². The fourth-order valence-electron chi connectivity index (χ4n) is 3.16. The third-order valence-electron chi connectivity index (χ3n) is 4.57. The van der Waals surface area contributed by atoms with E-state index in [1.165, 1.54) is 0 Å². The third kappa shape index (κ3) is 3.60. The van der Waals surface area contributed by atoms with Gasteiger partial charge in [0.2, 0.25) is 0 Å². The Morgan fingerprint density at radius 3 is 2.54 bits per heavy atom. The summed E-state index contributed by atoms with van der Waals surface area (Å²) in [5.41, 5.74) is 3.94. The lowest BCUT2D eigenvalue weighted by Crippen LogP contribution is -2.34. The zero-order chi connectivity index (χ0) is 18.7. The predicted molar refractivity (Wildman–Crippen MR) is 106 cm³/mol. The van der Waals surface area contributed by atoms with E-state index in [0.29, 0.717) is 6.54 Å². The highest BCUT2D eigenvalue weighted by Gasteiger charge is 2.33. The molecule has 1 heterocycles. The minimum atomic E-state index is -0.107. The van der Waals surface area contributed by atoms with Crippen LogP contribution in [0.15, 0.2) is 36.4 Å². The van der Waals surface area contributed by atoms with Crippen LogP contribution in [0.25, 0.3) is 0 Å². The fourth-order valence-corrected chi connectivity index (χ4v) is 4.43. The number of carbonyl (C=O) groups is 1. The highest BCUT2D eigenvalue weighted by Crippen LogP contribution is 2.43. The monoisotopic (exact) mass is 372 g/mol. The van der Waals surface area contributed by atoms with Crippen LogP contribution >= 0.6 is 11.8 Å². The number of nitrogens with one attached hydrogen (secondary N) is 1. The first-order valence-corrected chi connectivity index (χ1v) is 9.57. The summed E-state index contributed by atoms with van der Waals surface area (Å²) < 4.78 is 10.9. The van der Waals surface area contributed by atoms with Crippen LogP contribution in [0.1, 0.15) is 22.1 Å². The number of hydrogen-bond acceptors (Lipinski definition) is 4. The number of thioether (sulfide) groups is 1. The van der Waals surface area contributed by atoms with Crippen molar-refractivity contribution in [2.45, 2.75) is 19.2 Å². The third-order valence-corrected chi connectivity index (χ3v) is 5.81. The molecular weight excluding hydrogens is 348 g/mol. The second kappa shape index (κ2) is 7.91. The first-order chi connectivity index (χ1) is 12.5. The minimum Gasteiger partial charge on any atom is -0.497 e. The predicted octanol–water partition coefficient (Wildman–Crippen LogP) is 4.60. The normalized spacial score (nSPS) is 16.5. The van der Waals surface area contributed by atoms with Crippen LogP contribution in [-0.4, -0.2) is 37.4 Å². The van der Waals surface area contributed by atoms with E-state index in [4.69, 9.17) is 9.47 Å². The molecule has 0 radical (unpaired) electrons. The molecule has 0 aromatic heterocycles. The van der Waals surface area contributed by atoms with Crippen LogP contribution in [0, 0.1) is 13.8 Å². The molecule has 0 spiro atoms. The van der Waals surface area contributed by atoms with Gasteiger partial charge >= 0.3 is 6.03 Å². The van der Waals surface area contributed by atoms with E-state index in [9.17, 15) is 4.79 Å². The van der Waals surface area contributed by atoms with E-state index in [2.05, 4.69) is 5.32 Å². The van der Waals surface area contributed by atoms with Crippen molar-refractivity contribution in [2.24, 2.45) is 0 Å². The lowest BCUT2D eigenvalue weighted by atomic mass is 10.1. The molecule has 0 aliphatic carbocycles. The Bertz CT molecular complexity index is 789. The largest absolute Gasteiger partial charge is 0.497 e. The molecule has 1 aliphatic rings. The fraction of sp³-hybridized carbons (Fsp3) is 0.350. The van der Waals surface area contributed by atoms with E-state index in [-0.39, 0.29) is 11.4 Å². The minimum absolute atomic E-state index is 0.0951. The molecule has 1 saturated heterocycles. The number of rotatable bonds is 4. The summed E-state index contributed by atoms with van der Waals surface area (Å²) in [6.07, 6.45) is 0. The molecule has 26 heavy (non-hydrogen) atoms. The average Bonchev–Trinajstić information content (AvgIpc) is 3.14. The van der Waals surface area contributed by atoms with Gasteiger partial charge in [-0.05, 0) is 43.2 Å². The number of methoxy groups -OCH3 is 2. The maximum Gasteiger partial charge on any atom is 0.323 e. The van der Waals surface area contributed by atoms with Gasteiger partial charge in [0.1, 0.15) is 16.9 Å². The highest BCUT2D eigenvalue weighted by molar-refractivity contribution is 7.99. The van der Waals surface area contributed by atoms with Gasteiger partial charge in [-0.1, -0.05) is 18.2 Å². The summed E-state index contributed by atoms with van der Waals surface area (Å²) in [5.74, 6) is 2.39. The van der Waals surface area contributed by atoms with Gasteiger partial charge in [0.25, 0.3) is 0 Å². The number of amides is 2. The number of hydrogen-bond donors (Lipinski definition) is 1. The Balaban J connectivity index is 1.88. The second-order valence-electron chi connectivity index (χ2n) is 6.22. The Morgan fingerprint density at radius 2 is 1.88 bits per heavy atom. The van der Waals surface area contributed by atoms with Gasteiger partial charge in [-0.3, -0.25) is 0 Å². The van der Waals surface area contributed by atoms with Crippen LogP contribution in [0.5, 0.6) is 11.5 Å². The maximum absolute atomic E-state index is 13.0. The average molecular weight is 372 g/mol. The summed E-state index contributed by atoms with van der Waals surface area (Å²) in [7, 11) is 3.28. The first kappa shape index (κ1) is 18.5. The molecular formula is C20H24N2O3S. The molecule has 1 fully saturated rings. The molecule has 3 rings (SSSR count). The van der Waals surface area contributed by atoms with E-state index in [1.807, 2.05) is 55.1 Å². The van der Waals surface area contributed by atoms with Crippen LogP contribution < -0.4 is 14.8 Å². The molecule has 2 amide bonds. The quantitative estimate of drug-likeness (QED) is 0.852. The van der Waals surface area contributed by atoms with Gasteiger partial charge in [0.15, 0.2) is 0 Å². The van der Waals surface area contributed by atoms with Crippen LogP contribution in [0.4, 0.5) is 10.5 Å². The molecule has 0 saturated carbocycles. The van der Waals surface area contributed by atoms with Gasteiger partial charge in [0, 0.05) is 23.5 Å². The molecule has 1 aliphatic heterocycles. The number of aryl methyl sites for hydroxylation is 2. The number of urea groups is 1.